The van der Waals surface area contributed by atoms with Gasteiger partial charge in [-0.2, -0.15) is 5.26 Å². The minimum Gasteiger partial charge on any atom is -0.309 e. The van der Waals surface area contributed by atoms with Gasteiger partial charge in [-0.05, 0) is 81.9 Å². The van der Waals surface area contributed by atoms with Crippen molar-refractivity contribution >= 4 is 21.8 Å². The summed E-state index contributed by atoms with van der Waals surface area (Å²) in [5.74, 6) is 0.644. The Morgan fingerprint density at radius 2 is 1.15 bits per heavy atom. The molecule has 0 atom stereocenters. The van der Waals surface area contributed by atoms with E-state index in [1.807, 2.05) is 60.7 Å². The Bertz CT molecular complexity index is 2890. The van der Waals surface area contributed by atoms with Crippen molar-refractivity contribution in [2.45, 2.75) is 19.3 Å². The smallest absolute Gasteiger partial charge is 0.160 e. The number of rotatable bonds is 5. The summed E-state index contributed by atoms with van der Waals surface area (Å²) in [5, 5.41) is 12.1. The third-order valence-electron chi connectivity index (χ3n) is 11.0. The van der Waals surface area contributed by atoms with Crippen molar-refractivity contribution in [2.75, 3.05) is 0 Å². The van der Waals surface area contributed by atoms with E-state index in [4.69, 9.17) is 9.97 Å². The summed E-state index contributed by atoms with van der Waals surface area (Å²) in [6.07, 6.45) is 0. The maximum absolute atomic E-state index is 9.59. The predicted molar refractivity (Wildman–Crippen MR) is 220 cm³/mol. The van der Waals surface area contributed by atoms with Gasteiger partial charge in [0.05, 0.1) is 34.1 Å². The summed E-state index contributed by atoms with van der Waals surface area (Å²) in [6.45, 7) is 4.71. The third kappa shape index (κ3) is 4.98. The molecule has 10 rings (SSSR count). The largest absolute Gasteiger partial charge is 0.309 e. The van der Waals surface area contributed by atoms with E-state index in [2.05, 4.69) is 134 Å². The zero-order valence-corrected chi connectivity index (χ0v) is 30.0. The second-order valence-corrected chi connectivity index (χ2v) is 14.6. The van der Waals surface area contributed by atoms with Crippen LogP contribution in [0.4, 0.5) is 0 Å². The molecule has 0 aliphatic heterocycles. The number of nitriles is 1. The lowest BCUT2D eigenvalue weighted by atomic mass is 9.80. The zero-order valence-electron chi connectivity index (χ0n) is 30.0. The first-order valence-corrected chi connectivity index (χ1v) is 18.3. The van der Waals surface area contributed by atoms with Crippen LogP contribution in [0, 0.1) is 11.3 Å². The first kappa shape index (κ1) is 31.6. The van der Waals surface area contributed by atoms with Crippen LogP contribution in [0.1, 0.15) is 30.5 Å². The number of benzene rings is 7. The molecule has 9 aromatic rings. The Hall–Kier alpha value is -7.09. The van der Waals surface area contributed by atoms with Crippen molar-refractivity contribution in [3.05, 3.63) is 187 Å². The van der Waals surface area contributed by atoms with Gasteiger partial charge in [-0.1, -0.05) is 135 Å². The van der Waals surface area contributed by atoms with Crippen LogP contribution in [-0.2, 0) is 5.41 Å². The van der Waals surface area contributed by atoms with E-state index in [-0.39, 0.29) is 5.41 Å². The van der Waals surface area contributed by atoms with Crippen molar-refractivity contribution in [1.29, 1.82) is 5.26 Å². The summed E-state index contributed by atoms with van der Waals surface area (Å²) in [4.78, 5) is 10.5. The van der Waals surface area contributed by atoms with Crippen LogP contribution in [0.5, 0.6) is 0 Å². The SMILES string of the molecule is CC1(C)c2ccccc2-c2ccc3c(c21)c1ccccc1n3-c1cc(-c2ccc(C#N)cc2)cc(-c2nc(-c3ccccc3)cc(-c3ccccc3)n2)c1. The normalized spacial score (nSPS) is 12.8. The average molecular weight is 691 g/mol. The first-order chi connectivity index (χ1) is 26.5. The monoisotopic (exact) mass is 690 g/mol. The third-order valence-corrected chi connectivity index (χ3v) is 11.0. The number of hydrogen-bond donors (Lipinski definition) is 0. The molecule has 0 N–H and O–H groups in total. The molecule has 0 bridgehead atoms. The summed E-state index contributed by atoms with van der Waals surface area (Å²) in [6, 6.07) is 61.6. The van der Waals surface area contributed by atoms with E-state index in [9.17, 15) is 5.26 Å². The first-order valence-electron chi connectivity index (χ1n) is 18.3. The molecule has 54 heavy (non-hydrogen) atoms. The average Bonchev–Trinajstić information content (AvgIpc) is 3.69. The second-order valence-electron chi connectivity index (χ2n) is 14.6. The summed E-state index contributed by atoms with van der Waals surface area (Å²) in [7, 11) is 0. The van der Waals surface area contributed by atoms with Gasteiger partial charge in [-0.15, -0.1) is 0 Å². The van der Waals surface area contributed by atoms with Gasteiger partial charge in [0, 0.05) is 38.6 Å². The highest BCUT2D eigenvalue weighted by Gasteiger charge is 2.38. The number of hydrogen-bond acceptors (Lipinski definition) is 3. The van der Waals surface area contributed by atoms with Gasteiger partial charge in [-0.3, -0.25) is 0 Å². The maximum Gasteiger partial charge on any atom is 0.160 e. The van der Waals surface area contributed by atoms with Crippen LogP contribution in [0.25, 0.3) is 83.6 Å². The Morgan fingerprint density at radius 1 is 0.519 bits per heavy atom. The molecule has 254 valence electrons. The summed E-state index contributed by atoms with van der Waals surface area (Å²) >= 11 is 0. The van der Waals surface area contributed by atoms with Gasteiger partial charge in [0.2, 0.25) is 0 Å². The van der Waals surface area contributed by atoms with Crippen molar-refractivity contribution in [3.8, 4) is 67.9 Å². The quantitative estimate of drug-likeness (QED) is 0.181. The van der Waals surface area contributed by atoms with Crippen LogP contribution < -0.4 is 0 Å². The molecule has 1 aliphatic carbocycles. The molecule has 0 saturated heterocycles. The highest BCUT2D eigenvalue weighted by molar-refractivity contribution is 6.14. The van der Waals surface area contributed by atoms with Gasteiger partial charge >= 0.3 is 0 Å². The van der Waals surface area contributed by atoms with Gasteiger partial charge in [0.15, 0.2) is 5.82 Å². The van der Waals surface area contributed by atoms with Crippen LogP contribution in [0.2, 0.25) is 0 Å². The van der Waals surface area contributed by atoms with E-state index in [1.165, 1.54) is 33.0 Å². The lowest BCUT2D eigenvalue weighted by Gasteiger charge is -2.22. The molecular formula is C50H34N4. The van der Waals surface area contributed by atoms with E-state index >= 15 is 0 Å². The molecule has 0 radical (unpaired) electrons. The van der Waals surface area contributed by atoms with Crippen molar-refractivity contribution in [3.63, 3.8) is 0 Å². The minimum atomic E-state index is -0.171. The Morgan fingerprint density at radius 3 is 1.85 bits per heavy atom. The maximum atomic E-state index is 9.59. The zero-order chi connectivity index (χ0) is 36.4. The Labute approximate surface area is 314 Å². The van der Waals surface area contributed by atoms with E-state index < -0.39 is 0 Å². The molecule has 1 aliphatic rings. The summed E-state index contributed by atoms with van der Waals surface area (Å²) < 4.78 is 2.40. The van der Waals surface area contributed by atoms with Gasteiger partial charge in [0.1, 0.15) is 0 Å². The highest BCUT2D eigenvalue weighted by atomic mass is 15.0. The highest BCUT2D eigenvalue weighted by Crippen LogP contribution is 2.53. The lowest BCUT2D eigenvalue weighted by Crippen LogP contribution is -2.15. The van der Waals surface area contributed by atoms with E-state index in [0.29, 0.717) is 11.4 Å². The molecule has 0 saturated carbocycles. The molecule has 0 unspecified atom stereocenters. The van der Waals surface area contributed by atoms with Crippen molar-refractivity contribution in [1.82, 2.24) is 14.5 Å². The van der Waals surface area contributed by atoms with E-state index in [1.54, 1.807) is 0 Å². The van der Waals surface area contributed by atoms with Crippen LogP contribution in [0.15, 0.2) is 170 Å². The van der Waals surface area contributed by atoms with Crippen molar-refractivity contribution < 1.29 is 0 Å². The fourth-order valence-electron chi connectivity index (χ4n) is 8.47. The molecule has 7 aromatic carbocycles. The topological polar surface area (TPSA) is 54.5 Å². The molecule has 2 heterocycles. The van der Waals surface area contributed by atoms with Gasteiger partial charge in [-0.25, -0.2) is 9.97 Å². The Balaban J connectivity index is 1.26. The molecule has 0 spiro atoms. The van der Waals surface area contributed by atoms with Crippen LogP contribution in [-0.4, -0.2) is 14.5 Å². The van der Waals surface area contributed by atoms with E-state index in [0.717, 1.165) is 55.9 Å². The molecule has 0 amide bonds. The molecule has 2 aromatic heterocycles. The minimum absolute atomic E-state index is 0.171. The van der Waals surface area contributed by atoms with Crippen LogP contribution in [0.3, 0.4) is 0 Å². The van der Waals surface area contributed by atoms with Crippen LogP contribution >= 0.6 is 0 Å². The molecular weight excluding hydrogens is 657 g/mol. The lowest BCUT2D eigenvalue weighted by molar-refractivity contribution is 0.666. The molecule has 4 nitrogen and oxygen atoms in total. The molecule has 4 heteroatoms. The van der Waals surface area contributed by atoms with Gasteiger partial charge < -0.3 is 4.57 Å². The predicted octanol–water partition coefficient (Wildman–Crippen LogP) is 12.4. The Kier molecular flexibility index (Phi) is 7.18. The number of fused-ring (bicyclic) bond motifs is 7. The summed E-state index contributed by atoms with van der Waals surface area (Å²) in [5.41, 5.74) is 15.8. The number of para-hydroxylation sites is 1. The fourth-order valence-corrected chi connectivity index (χ4v) is 8.47. The standard InChI is InChI=1S/C50H34N4/c1-50(2)42-19-11-9-17-39(42)40-25-26-46-47(48(40)50)41-18-10-12-20-45(41)54(46)38-28-36(33-23-21-32(31-51)22-24-33)27-37(29-38)49-52-43(34-13-5-3-6-14-34)30-44(53-49)35-15-7-4-8-16-35/h3-30H,1-2H3. The number of nitrogens with zero attached hydrogens (tertiary/aromatic N) is 4. The van der Waals surface area contributed by atoms with Gasteiger partial charge in [0.25, 0.3) is 0 Å². The second kappa shape index (κ2) is 12.3. The number of aromatic nitrogens is 3. The molecule has 0 fully saturated rings. The fraction of sp³-hybridized carbons (Fsp3) is 0.0600. The van der Waals surface area contributed by atoms with Crippen molar-refractivity contribution in [2.24, 2.45) is 0 Å².